The lowest BCUT2D eigenvalue weighted by Crippen LogP contribution is -2.34. The second-order valence-electron chi connectivity index (χ2n) is 5.42. The Morgan fingerprint density at radius 2 is 2.14 bits per heavy atom. The predicted octanol–water partition coefficient (Wildman–Crippen LogP) is 3.82. The quantitative estimate of drug-likeness (QED) is 0.817. The Bertz CT molecular complexity index is 485. The molecule has 1 saturated heterocycles. The molecule has 1 aliphatic heterocycles. The molecule has 22 heavy (non-hydrogen) atoms. The third-order valence-electron chi connectivity index (χ3n) is 3.82. The van der Waals surface area contributed by atoms with Crippen LogP contribution >= 0.6 is 23.2 Å². The molecule has 1 aromatic carbocycles. The molecule has 0 aliphatic carbocycles. The summed E-state index contributed by atoms with van der Waals surface area (Å²) >= 11 is 12.1. The normalized spacial score (nSPS) is 17.9. The molecule has 1 fully saturated rings. The van der Waals surface area contributed by atoms with Crippen molar-refractivity contribution in [3.8, 4) is 0 Å². The van der Waals surface area contributed by atoms with Crippen molar-refractivity contribution in [3.05, 3.63) is 28.2 Å². The summed E-state index contributed by atoms with van der Waals surface area (Å²) in [4.78, 5) is 14.3. The second kappa shape index (κ2) is 8.73. The Kier molecular flexibility index (Phi) is 6.96. The SMILES string of the molecule is CCN(CCC(=O)Nc1c(Cl)cccc1Cl)CC1CCCO1. The van der Waals surface area contributed by atoms with Crippen LogP contribution in [0.2, 0.25) is 10.0 Å². The molecule has 1 aliphatic rings. The average Bonchev–Trinajstić information content (AvgIpc) is 3.00. The summed E-state index contributed by atoms with van der Waals surface area (Å²) in [6.07, 6.45) is 2.95. The highest BCUT2D eigenvalue weighted by Gasteiger charge is 2.19. The molecule has 0 spiro atoms. The van der Waals surface area contributed by atoms with Crippen molar-refractivity contribution >= 4 is 34.8 Å². The number of rotatable bonds is 7. The molecular formula is C16H22Cl2N2O2. The number of carbonyl (C=O) groups excluding carboxylic acids is 1. The van der Waals surface area contributed by atoms with Crippen molar-refractivity contribution < 1.29 is 9.53 Å². The molecule has 1 amide bonds. The summed E-state index contributed by atoms with van der Waals surface area (Å²) < 4.78 is 5.64. The van der Waals surface area contributed by atoms with E-state index in [2.05, 4.69) is 17.1 Å². The van der Waals surface area contributed by atoms with Gasteiger partial charge >= 0.3 is 0 Å². The van der Waals surface area contributed by atoms with Crippen LogP contribution in [0.15, 0.2) is 18.2 Å². The molecule has 2 rings (SSSR count). The van der Waals surface area contributed by atoms with Gasteiger partial charge in [-0.25, -0.2) is 0 Å². The molecule has 1 unspecified atom stereocenters. The van der Waals surface area contributed by atoms with Gasteiger partial charge in [0, 0.05) is 26.1 Å². The van der Waals surface area contributed by atoms with Gasteiger partial charge in [-0.3, -0.25) is 4.79 Å². The van der Waals surface area contributed by atoms with Crippen LogP contribution < -0.4 is 5.32 Å². The minimum atomic E-state index is -0.0826. The lowest BCUT2D eigenvalue weighted by Gasteiger charge is -2.23. The Hall–Kier alpha value is -0.810. The van der Waals surface area contributed by atoms with Gasteiger partial charge in [0.05, 0.1) is 21.8 Å². The third kappa shape index (κ3) is 5.13. The number of carbonyl (C=O) groups is 1. The first-order valence-corrected chi connectivity index (χ1v) is 8.43. The molecule has 1 atom stereocenters. The van der Waals surface area contributed by atoms with E-state index in [1.54, 1.807) is 18.2 Å². The summed E-state index contributed by atoms with van der Waals surface area (Å²) in [6, 6.07) is 5.17. The molecule has 0 bridgehead atoms. The van der Waals surface area contributed by atoms with Gasteiger partial charge in [-0.2, -0.15) is 0 Å². The maximum atomic E-state index is 12.1. The second-order valence-corrected chi connectivity index (χ2v) is 6.24. The van der Waals surface area contributed by atoms with Crippen LogP contribution in [-0.2, 0) is 9.53 Å². The van der Waals surface area contributed by atoms with Gasteiger partial charge in [-0.15, -0.1) is 0 Å². The first-order valence-electron chi connectivity index (χ1n) is 7.68. The first-order chi connectivity index (χ1) is 10.6. The zero-order valence-electron chi connectivity index (χ0n) is 12.8. The minimum Gasteiger partial charge on any atom is -0.377 e. The molecule has 0 aromatic heterocycles. The van der Waals surface area contributed by atoms with Gasteiger partial charge in [0.15, 0.2) is 0 Å². The van der Waals surface area contributed by atoms with Gasteiger partial charge in [0.25, 0.3) is 0 Å². The lowest BCUT2D eigenvalue weighted by atomic mass is 10.2. The monoisotopic (exact) mass is 344 g/mol. The van der Waals surface area contributed by atoms with E-state index in [1.165, 1.54) is 0 Å². The van der Waals surface area contributed by atoms with Crippen molar-refractivity contribution in [1.29, 1.82) is 0 Å². The average molecular weight is 345 g/mol. The molecule has 0 radical (unpaired) electrons. The standard InChI is InChI=1S/C16H22Cl2N2O2/c1-2-20(11-12-5-4-10-22-12)9-8-15(21)19-16-13(17)6-3-7-14(16)18/h3,6-7,12H,2,4-5,8-11H2,1H3,(H,19,21). The molecule has 1 heterocycles. The molecule has 6 heteroatoms. The topological polar surface area (TPSA) is 41.6 Å². The maximum Gasteiger partial charge on any atom is 0.225 e. The van der Waals surface area contributed by atoms with Gasteiger partial charge in [-0.1, -0.05) is 36.2 Å². The number of hydrogen-bond acceptors (Lipinski definition) is 3. The Balaban J connectivity index is 1.80. The number of nitrogens with one attached hydrogen (secondary N) is 1. The predicted molar refractivity (Wildman–Crippen MR) is 90.8 cm³/mol. The zero-order chi connectivity index (χ0) is 15.9. The number of benzene rings is 1. The summed E-state index contributed by atoms with van der Waals surface area (Å²) in [6.45, 7) is 5.44. The van der Waals surface area contributed by atoms with Crippen molar-refractivity contribution in [3.63, 3.8) is 0 Å². The minimum absolute atomic E-state index is 0.0826. The van der Waals surface area contributed by atoms with Crippen LogP contribution in [0.5, 0.6) is 0 Å². The number of hydrogen-bond donors (Lipinski definition) is 1. The van der Waals surface area contributed by atoms with Gasteiger partial charge in [0.2, 0.25) is 5.91 Å². The highest BCUT2D eigenvalue weighted by molar-refractivity contribution is 6.39. The van der Waals surface area contributed by atoms with E-state index in [-0.39, 0.29) is 5.91 Å². The maximum absolute atomic E-state index is 12.1. The number of likely N-dealkylation sites (N-methyl/N-ethyl adjacent to an activating group) is 1. The Labute approximate surface area is 141 Å². The van der Waals surface area contributed by atoms with E-state index in [9.17, 15) is 4.79 Å². The third-order valence-corrected chi connectivity index (χ3v) is 4.45. The van der Waals surface area contributed by atoms with Crippen LogP contribution in [0.3, 0.4) is 0 Å². The van der Waals surface area contributed by atoms with E-state index in [0.29, 0.717) is 34.8 Å². The van der Waals surface area contributed by atoms with E-state index in [4.69, 9.17) is 27.9 Å². The molecule has 4 nitrogen and oxygen atoms in total. The fourth-order valence-corrected chi connectivity index (χ4v) is 3.03. The number of ether oxygens (including phenoxy) is 1. The molecular weight excluding hydrogens is 323 g/mol. The van der Waals surface area contributed by atoms with Gasteiger partial charge in [-0.05, 0) is 31.5 Å². The Morgan fingerprint density at radius 1 is 1.41 bits per heavy atom. The summed E-state index contributed by atoms with van der Waals surface area (Å²) in [5.74, 6) is -0.0826. The van der Waals surface area contributed by atoms with Crippen molar-refractivity contribution in [1.82, 2.24) is 4.90 Å². The number of halogens is 2. The van der Waals surface area contributed by atoms with Crippen molar-refractivity contribution in [2.24, 2.45) is 0 Å². The molecule has 0 saturated carbocycles. The zero-order valence-corrected chi connectivity index (χ0v) is 14.3. The molecule has 122 valence electrons. The van der Waals surface area contributed by atoms with Crippen molar-refractivity contribution in [2.75, 3.05) is 31.6 Å². The van der Waals surface area contributed by atoms with E-state index >= 15 is 0 Å². The smallest absolute Gasteiger partial charge is 0.225 e. The summed E-state index contributed by atoms with van der Waals surface area (Å²) in [5, 5.41) is 3.69. The van der Waals surface area contributed by atoms with Crippen LogP contribution in [0.1, 0.15) is 26.2 Å². The lowest BCUT2D eigenvalue weighted by molar-refractivity contribution is -0.116. The van der Waals surface area contributed by atoms with E-state index < -0.39 is 0 Å². The largest absolute Gasteiger partial charge is 0.377 e. The first kappa shape index (κ1) is 17.5. The number of para-hydroxylation sites is 1. The fourth-order valence-electron chi connectivity index (χ4n) is 2.53. The summed E-state index contributed by atoms with van der Waals surface area (Å²) in [5.41, 5.74) is 0.484. The van der Waals surface area contributed by atoms with Crippen LogP contribution in [-0.4, -0.2) is 43.2 Å². The number of nitrogens with zero attached hydrogens (tertiary/aromatic N) is 1. The van der Waals surface area contributed by atoms with Gasteiger partial charge in [0.1, 0.15) is 0 Å². The number of amides is 1. The number of anilines is 1. The van der Waals surface area contributed by atoms with E-state index in [0.717, 1.165) is 32.5 Å². The Morgan fingerprint density at radius 3 is 2.73 bits per heavy atom. The highest BCUT2D eigenvalue weighted by Crippen LogP contribution is 2.29. The van der Waals surface area contributed by atoms with Crippen LogP contribution in [0.4, 0.5) is 5.69 Å². The van der Waals surface area contributed by atoms with E-state index in [1.807, 2.05) is 0 Å². The van der Waals surface area contributed by atoms with Crippen LogP contribution in [0.25, 0.3) is 0 Å². The molecule has 1 N–H and O–H groups in total. The van der Waals surface area contributed by atoms with Crippen LogP contribution in [0, 0.1) is 0 Å². The van der Waals surface area contributed by atoms with Crippen molar-refractivity contribution in [2.45, 2.75) is 32.3 Å². The highest BCUT2D eigenvalue weighted by atomic mass is 35.5. The summed E-state index contributed by atoms with van der Waals surface area (Å²) in [7, 11) is 0. The fraction of sp³-hybridized carbons (Fsp3) is 0.562. The van der Waals surface area contributed by atoms with Gasteiger partial charge < -0.3 is 15.0 Å². The molecule has 1 aromatic rings.